The summed E-state index contributed by atoms with van der Waals surface area (Å²) in [5.41, 5.74) is 0. The van der Waals surface area contributed by atoms with Crippen molar-refractivity contribution in [2.75, 3.05) is 0 Å². The first-order valence-electron chi connectivity index (χ1n) is 20.5. The first-order valence-corrected chi connectivity index (χ1v) is 58.2. The van der Waals surface area contributed by atoms with E-state index in [1.54, 1.807) is 87.0 Å². The van der Waals surface area contributed by atoms with Gasteiger partial charge in [0, 0.05) is 99.1 Å². The molecular formula is C44H36Fe2I10N20. The Morgan fingerprint density at radius 2 is 0.355 bits per heavy atom. The zero-order chi connectivity index (χ0) is 51.3. The number of halogens is 10. The van der Waals surface area contributed by atoms with Gasteiger partial charge in [-0.25, -0.2) is 57.4 Å². The topological polar surface area (TPSA) is 194 Å². The molecular weight excluding hydrogens is 2190 g/mol. The first kappa shape index (κ1) is 68.9. The Labute approximate surface area is 564 Å². The molecule has 0 radical (unpaired) electrons. The molecule has 0 unspecified atom stereocenters. The molecule has 0 bridgehead atoms. The standard InChI is InChI=1S/4C11H9N5.2Fe.3I3.HI/c4*1-4-10(15-8-2-6-12-15)14-11(5-1)16-9-3-7-13-16;;;3*1-3-2;/h4*1-9H;;;;;;1H/q;;;;2*+2;3*-1;/p-1. The third-order valence-electron chi connectivity index (χ3n) is 8.79. The normalized spacial score (nSPS) is 9.71. The molecule has 0 atom stereocenters. The van der Waals surface area contributed by atoms with E-state index in [9.17, 15) is 0 Å². The molecule has 20 nitrogen and oxygen atoms in total. The third kappa shape index (κ3) is 23.2. The van der Waals surface area contributed by atoms with E-state index >= 15 is 0 Å². The molecule has 398 valence electrons. The number of pyridine rings is 4. The van der Waals surface area contributed by atoms with Gasteiger partial charge in [0.15, 0.2) is 46.5 Å². The van der Waals surface area contributed by atoms with E-state index in [1.807, 2.05) is 171 Å². The molecule has 0 aliphatic heterocycles. The van der Waals surface area contributed by atoms with Crippen LogP contribution in [0.2, 0.25) is 0 Å². The van der Waals surface area contributed by atoms with Crippen molar-refractivity contribution < 1.29 is 97.9 Å². The van der Waals surface area contributed by atoms with E-state index < -0.39 is 0 Å². The molecule has 0 spiro atoms. The molecule has 0 fully saturated rings. The van der Waals surface area contributed by atoms with Gasteiger partial charge in [-0.05, 0) is 97.1 Å². The van der Waals surface area contributed by atoms with E-state index in [0.717, 1.165) is 46.5 Å². The molecule has 0 saturated heterocycles. The van der Waals surface area contributed by atoms with Crippen LogP contribution in [0.4, 0.5) is 0 Å². The van der Waals surface area contributed by atoms with Gasteiger partial charge in [-0.2, -0.15) is 40.8 Å². The zero-order valence-electron chi connectivity index (χ0n) is 38.2. The largest absolute Gasteiger partial charge is 2.00 e. The summed E-state index contributed by atoms with van der Waals surface area (Å²) in [7, 11) is 0. The molecule has 0 aliphatic rings. The maximum absolute atomic E-state index is 4.46. The maximum atomic E-state index is 4.46. The molecule has 0 N–H and O–H groups in total. The quantitative estimate of drug-likeness (QED) is 0.135. The molecule has 0 amide bonds. The van der Waals surface area contributed by atoms with Gasteiger partial charge < -0.3 is 24.0 Å². The van der Waals surface area contributed by atoms with Crippen LogP contribution in [0.5, 0.6) is 0 Å². The van der Waals surface area contributed by atoms with Crippen molar-refractivity contribution in [3.8, 4) is 46.5 Å². The summed E-state index contributed by atoms with van der Waals surface area (Å²) >= 11 is 15.9. The number of aromatic nitrogens is 20. The van der Waals surface area contributed by atoms with E-state index in [2.05, 4.69) is 172 Å². The average molecular weight is 2230 g/mol. The Morgan fingerprint density at radius 3 is 0.447 bits per heavy atom. The minimum Gasteiger partial charge on any atom is -1.00 e. The van der Waals surface area contributed by atoms with Gasteiger partial charge in [0.2, 0.25) is 0 Å². The van der Waals surface area contributed by atoms with E-state index in [4.69, 9.17) is 0 Å². The first-order chi connectivity index (χ1) is 36.0. The average Bonchev–Trinajstić information content (AvgIpc) is 4.30. The van der Waals surface area contributed by atoms with Crippen LogP contribution in [0, 0.1) is 0 Å². The van der Waals surface area contributed by atoms with Gasteiger partial charge >= 0.3 is 186 Å². The zero-order valence-corrected chi connectivity index (χ0v) is 62.0. The number of hydrogen-bond acceptors (Lipinski definition) is 12. The second kappa shape index (κ2) is 40.7. The summed E-state index contributed by atoms with van der Waals surface area (Å²) in [6, 6.07) is 37.9. The summed E-state index contributed by atoms with van der Waals surface area (Å²) in [5, 5.41) is 33.1. The third-order valence-corrected chi connectivity index (χ3v) is 8.79. The molecule has 0 aliphatic carbocycles. The van der Waals surface area contributed by atoms with Crippen molar-refractivity contribution in [1.82, 2.24) is 98.2 Å². The van der Waals surface area contributed by atoms with Crippen LogP contribution in [0.15, 0.2) is 220 Å². The van der Waals surface area contributed by atoms with Gasteiger partial charge in [0.05, 0.1) is 0 Å². The van der Waals surface area contributed by atoms with E-state index in [1.165, 1.54) is 0 Å². The molecule has 12 aromatic rings. The second-order valence-electron chi connectivity index (χ2n) is 13.2. The smallest absolute Gasteiger partial charge is 1.00 e. The summed E-state index contributed by atoms with van der Waals surface area (Å²) in [6.45, 7) is 0. The van der Waals surface area contributed by atoms with Crippen LogP contribution in [-0.4, -0.2) is 98.2 Å². The Hall–Kier alpha value is -1.38. The molecule has 12 heterocycles. The molecule has 32 heteroatoms. The molecule has 0 aromatic carbocycles. The SMILES string of the molecule is I[I-]I.I[I-]I.I[I-]I.[Fe+2].[Fe+2].[I-].c1cc(-n2cccn2)nc(-n2cccn2)c1.c1cc(-n2cccn2)nc(-n2cccn2)c1.c1cc(-n2cccn2)nc(-n2cccn2)c1.c1cc(-n2cccn2)nc(-n2cccn2)c1. The van der Waals surface area contributed by atoms with Crippen LogP contribution in [0.1, 0.15) is 0 Å². The monoisotopic (exact) mass is 2230 g/mol. The van der Waals surface area contributed by atoms with Gasteiger partial charge in [-0.3, -0.25) is 0 Å². The Balaban J connectivity index is 0.000000250. The minimum absolute atomic E-state index is 0. The van der Waals surface area contributed by atoms with E-state index in [-0.39, 0.29) is 58.1 Å². The molecule has 12 rings (SSSR count). The molecule has 76 heavy (non-hydrogen) atoms. The second-order valence-corrected chi connectivity index (χ2v) is 61.9. The van der Waals surface area contributed by atoms with Crippen molar-refractivity contribution in [2.24, 2.45) is 0 Å². The van der Waals surface area contributed by atoms with Crippen LogP contribution in [0.25, 0.3) is 46.5 Å². The molecule has 12 aromatic heterocycles. The summed E-state index contributed by atoms with van der Waals surface area (Å²) in [4.78, 5) is 17.8. The summed E-state index contributed by atoms with van der Waals surface area (Å²) in [5.74, 6) is 6.21. The van der Waals surface area contributed by atoms with Gasteiger partial charge in [-0.15, -0.1) is 0 Å². The van der Waals surface area contributed by atoms with Gasteiger partial charge in [0.25, 0.3) is 0 Å². The summed E-state index contributed by atoms with van der Waals surface area (Å²) < 4.78 is 13.7. The van der Waals surface area contributed by atoms with Crippen molar-refractivity contribution in [3.63, 3.8) is 0 Å². The Bertz CT molecular complexity index is 2610. The Morgan fingerprint density at radius 1 is 0.237 bits per heavy atom. The van der Waals surface area contributed by atoms with Crippen LogP contribution in [-0.2, 0) is 34.1 Å². The van der Waals surface area contributed by atoms with Gasteiger partial charge in [0.1, 0.15) is 0 Å². The van der Waals surface area contributed by atoms with Crippen molar-refractivity contribution >= 4 is 112 Å². The van der Waals surface area contributed by atoms with E-state index in [0.29, 0.717) is 39.8 Å². The van der Waals surface area contributed by atoms with Crippen molar-refractivity contribution in [3.05, 3.63) is 220 Å². The fourth-order valence-electron chi connectivity index (χ4n) is 5.90. The number of rotatable bonds is 8. The van der Waals surface area contributed by atoms with Crippen molar-refractivity contribution in [2.45, 2.75) is 0 Å². The fraction of sp³-hybridized carbons (Fsp3) is 0. The van der Waals surface area contributed by atoms with Crippen LogP contribution < -0.4 is 63.7 Å². The molecule has 0 saturated carbocycles. The predicted octanol–water partition coefficient (Wildman–Crippen LogP) is -0.863. The predicted molar refractivity (Wildman–Crippen MR) is 318 cm³/mol. The Kier molecular flexibility index (Phi) is 36.9. The van der Waals surface area contributed by atoms with Gasteiger partial charge in [-0.1, -0.05) is 24.3 Å². The minimum atomic E-state index is 0. The summed E-state index contributed by atoms with van der Waals surface area (Å²) in [6.07, 6.45) is 28.6. The van der Waals surface area contributed by atoms with Crippen LogP contribution >= 0.6 is 112 Å². The maximum Gasteiger partial charge on any atom is 2.00 e. The van der Waals surface area contributed by atoms with Crippen molar-refractivity contribution in [1.29, 1.82) is 0 Å². The fourth-order valence-corrected chi connectivity index (χ4v) is 5.90. The number of hydrogen-bond donors (Lipinski definition) is 0. The number of nitrogens with zero attached hydrogens (tertiary/aromatic N) is 20. The van der Waals surface area contributed by atoms with Crippen LogP contribution in [0.3, 0.4) is 0 Å².